The van der Waals surface area contributed by atoms with Crippen LogP contribution in [0.15, 0.2) is 48.7 Å². The van der Waals surface area contributed by atoms with Gasteiger partial charge in [-0.15, -0.1) is 0 Å². The van der Waals surface area contributed by atoms with Crippen molar-refractivity contribution in [1.82, 2.24) is 10.3 Å². The third-order valence-corrected chi connectivity index (χ3v) is 4.27. The Labute approximate surface area is 154 Å². The van der Waals surface area contributed by atoms with Crippen molar-refractivity contribution in [2.24, 2.45) is 0 Å². The highest BCUT2D eigenvalue weighted by Gasteiger charge is 2.22. The first-order valence-corrected chi connectivity index (χ1v) is 8.40. The van der Waals surface area contributed by atoms with Gasteiger partial charge < -0.3 is 15.6 Å². The number of benzene rings is 2. The van der Waals surface area contributed by atoms with Crippen LogP contribution >= 0.6 is 11.6 Å². The molecular weight excluding hydrogens is 357 g/mol. The van der Waals surface area contributed by atoms with E-state index in [-0.39, 0.29) is 10.9 Å². The first-order chi connectivity index (χ1) is 12.4. The zero-order valence-electron chi connectivity index (χ0n) is 14.0. The monoisotopic (exact) mass is 373 g/mol. The molecule has 3 N–H and O–H groups in total. The predicted molar refractivity (Wildman–Crippen MR) is 99.6 cm³/mol. The molecule has 1 heterocycles. The number of aromatic nitrogens is 1. The molecule has 3 aromatic rings. The van der Waals surface area contributed by atoms with Crippen LogP contribution < -0.4 is 10.6 Å². The summed E-state index contributed by atoms with van der Waals surface area (Å²) in [5.41, 5.74) is 2.22. The Morgan fingerprint density at radius 3 is 2.73 bits per heavy atom. The number of para-hydroxylation sites is 1. The molecule has 0 aliphatic rings. The van der Waals surface area contributed by atoms with Gasteiger partial charge in [0.2, 0.25) is 11.8 Å². The molecule has 0 radical (unpaired) electrons. The predicted octanol–water partition coefficient (Wildman–Crippen LogP) is 3.65. The van der Waals surface area contributed by atoms with Crippen molar-refractivity contribution in [2.45, 2.75) is 19.4 Å². The van der Waals surface area contributed by atoms with E-state index in [0.29, 0.717) is 12.1 Å². The van der Waals surface area contributed by atoms with Gasteiger partial charge in [0.15, 0.2) is 0 Å². The van der Waals surface area contributed by atoms with Crippen molar-refractivity contribution < 1.29 is 14.0 Å². The molecule has 0 bridgehead atoms. The van der Waals surface area contributed by atoms with E-state index >= 15 is 0 Å². The fraction of sp³-hybridized carbons (Fsp3) is 0.158. The number of carbonyl (C=O) groups excluding carboxylic acids is 2. The lowest BCUT2D eigenvalue weighted by molar-refractivity contribution is -0.125. The highest BCUT2D eigenvalue weighted by molar-refractivity contribution is 6.31. The topological polar surface area (TPSA) is 74.0 Å². The summed E-state index contributed by atoms with van der Waals surface area (Å²) in [4.78, 5) is 27.3. The minimum atomic E-state index is -0.782. The van der Waals surface area contributed by atoms with Crippen LogP contribution in [0.2, 0.25) is 5.02 Å². The summed E-state index contributed by atoms with van der Waals surface area (Å²) in [6.07, 6.45) is 2.13. The number of fused-ring (bicyclic) bond motifs is 1. The average Bonchev–Trinajstić information content (AvgIpc) is 3.00. The summed E-state index contributed by atoms with van der Waals surface area (Å²) in [6.45, 7) is 1.35. The van der Waals surface area contributed by atoms with E-state index in [1.807, 2.05) is 30.5 Å². The van der Waals surface area contributed by atoms with Crippen LogP contribution in [0.25, 0.3) is 10.9 Å². The van der Waals surface area contributed by atoms with Crippen LogP contribution in [0.4, 0.5) is 10.1 Å². The van der Waals surface area contributed by atoms with Crippen molar-refractivity contribution in [3.05, 3.63) is 65.1 Å². The summed E-state index contributed by atoms with van der Waals surface area (Å²) in [7, 11) is 0. The number of H-pyrrole nitrogens is 1. The Balaban J connectivity index is 1.81. The molecule has 5 nitrogen and oxygen atoms in total. The zero-order chi connectivity index (χ0) is 18.7. The summed E-state index contributed by atoms with van der Waals surface area (Å²) in [6, 6.07) is 10.8. The summed E-state index contributed by atoms with van der Waals surface area (Å²) in [5.74, 6) is -1.29. The number of rotatable bonds is 5. The smallest absolute Gasteiger partial charge is 0.247 e. The fourth-order valence-corrected chi connectivity index (χ4v) is 2.96. The van der Waals surface area contributed by atoms with Crippen LogP contribution in [-0.2, 0) is 16.0 Å². The van der Waals surface area contributed by atoms with Gasteiger partial charge in [0.1, 0.15) is 11.9 Å². The maximum absolute atomic E-state index is 13.3. The van der Waals surface area contributed by atoms with Crippen molar-refractivity contribution >= 4 is 40.0 Å². The number of amides is 2. The van der Waals surface area contributed by atoms with E-state index < -0.39 is 17.8 Å². The Morgan fingerprint density at radius 1 is 1.23 bits per heavy atom. The molecule has 0 aliphatic carbocycles. The van der Waals surface area contributed by atoms with Gasteiger partial charge >= 0.3 is 0 Å². The second-order valence-electron chi connectivity index (χ2n) is 5.93. The number of aromatic amines is 1. The summed E-state index contributed by atoms with van der Waals surface area (Å²) < 4.78 is 13.3. The van der Waals surface area contributed by atoms with E-state index in [2.05, 4.69) is 15.6 Å². The minimum absolute atomic E-state index is 0.0875. The molecule has 0 spiro atoms. The first kappa shape index (κ1) is 17.9. The number of carbonyl (C=O) groups is 2. The lowest BCUT2D eigenvalue weighted by Crippen LogP contribution is -2.44. The maximum Gasteiger partial charge on any atom is 0.247 e. The Bertz CT molecular complexity index is 970. The largest absolute Gasteiger partial charge is 0.361 e. The molecule has 0 saturated carbocycles. The normalized spacial score (nSPS) is 12.0. The van der Waals surface area contributed by atoms with E-state index in [1.54, 1.807) is 0 Å². The second kappa shape index (κ2) is 7.58. The SMILES string of the molecule is CC(=O)N[C@@H](Cc1c[nH]c2ccccc12)C(=O)Nc1ccc(F)c(Cl)c1. The van der Waals surface area contributed by atoms with Crippen molar-refractivity contribution in [3.63, 3.8) is 0 Å². The molecule has 26 heavy (non-hydrogen) atoms. The van der Waals surface area contributed by atoms with E-state index in [1.165, 1.54) is 25.1 Å². The van der Waals surface area contributed by atoms with Gasteiger partial charge in [0.25, 0.3) is 0 Å². The molecule has 2 amide bonds. The van der Waals surface area contributed by atoms with Crippen molar-refractivity contribution in [3.8, 4) is 0 Å². The van der Waals surface area contributed by atoms with Gasteiger partial charge in [0, 0.05) is 36.1 Å². The maximum atomic E-state index is 13.3. The minimum Gasteiger partial charge on any atom is -0.361 e. The lowest BCUT2D eigenvalue weighted by atomic mass is 10.0. The third-order valence-electron chi connectivity index (χ3n) is 3.98. The number of nitrogens with one attached hydrogen (secondary N) is 3. The van der Waals surface area contributed by atoms with E-state index in [0.717, 1.165) is 16.5 Å². The van der Waals surface area contributed by atoms with Gasteiger partial charge in [-0.05, 0) is 29.8 Å². The molecule has 0 saturated heterocycles. The molecule has 134 valence electrons. The Kier molecular flexibility index (Phi) is 5.23. The molecule has 7 heteroatoms. The van der Waals surface area contributed by atoms with E-state index in [9.17, 15) is 14.0 Å². The van der Waals surface area contributed by atoms with Gasteiger partial charge in [0.05, 0.1) is 5.02 Å². The molecule has 2 aromatic carbocycles. The van der Waals surface area contributed by atoms with Crippen LogP contribution in [-0.4, -0.2) is 22.8 Å². The first-order valence-electron chi connectivity index (χ1n) is 8.02. The molecule has 0 aliphatic heterocycles. The van der Waals surface area contributed by atoms with Crippen LogP contribution in [0.1, 0.15) is 12.5 Å². The quantitative estimate of drug-likeness (QED) is 0.638. The lowest BCUT2D eigenvalue weighted by Gasteiger charge is -2.17. The number of anilines is 1. The van der Waals surface area contributed by atoms with Crippen molar-refractivity contribution in [1.29, 1.82) is 0 Å². The van der Waals surface area contributed by atoms with Crippen LogP contribution in [0, 0.1) is 5.82 Å². The van der Waals surface area contributed by atoms with Crippen LogP contribution in [0.3, 0.4) is 0 Å². The fourth-order valence-electron chi connectivity index (χ4n) is 2.78. The Morgan fingerprint density at radius 2 is 2.00 bits per heavy atom. The standard InChI is InChI=1S/C19H17ClFN3O2/c1-11(25)23-18(8-12-10-22-17-5-3-2-4-14(12)17)19(26)24-13-6-7-16(21)15(20)9-13/h2-7,9-10,18,22H,8H2,1H3,(H,23,25)(H,24,26)/t18-/m0/s1. The molecule has 1 atom stereocenters. The van der Waals surface area contributed by atoms with Gasteiger partial charge in [-0.25, -0.2) is 4.39 Å². The molecule has 1 aromatic heterocycles. The second-order valence-corrected chi connectivity index (χ2v) is 6.34. The highest BCUT2D eigenvalue weighted by atomic mass is 35.5. The van der Waals surface area contributed by atoms with Crippen LogP contribution in [0.5, 0.6) is 0 Å². The van der Waals surface area contributed by atoms with E-state index in [4.69, 9.17) is 11.6 Å². The van der Waals surface area contributed by atoms with Gasteiger partial charge in [-0.1, -0.05) is 29.8 Å². The molecule has 3 rings (SSSR count). The zero-order valence-corrected chi connectivity index (χ0v) is 14.7. The molecule has 0 fully saturated rings. The molecular formula is C19H17ClFN3O2. The number of hydrogen-bond donors (Lipinski definition) is 3. The number of halogens is 2. The molecule has 0 unspecified atom stereocenters. The summed E-state index contributed by atoms with van der Waals surface area (Å²) >= 11 is 5.74. The average molecular weight is 374 g/mol. The number of hydrogen-bond acceptors (Lipinski definition) is 2. The third kappa shape index (κ3) is 4.03. The van der Waals surface area contributed by atoms with Gasteiger partial charge in [-0.2, -0.15) is 0 Å². The Hall–Kier alpha value is -2.86. The summed E-state index contributed by atoms with van der Waals surface area (Å²) in [5, 5.41) is 6.22. The van der Waals surface area contributed by atoms with Gasteiger partial charge in [-0.3, -0.25) is 9.59 Å². The van der Waals surface area contributed by atoms with Crippen molar-refractivity contribution in [2.75, 3.05) is 5.32 Å². The highest BCUT2D eigenvalue weighted by Crippen LogP contribution is 2.21.